The molecule has 0 radical (unpaired) electrons. The predicted octanol–water partition coefficient (Wildman–Crippen LogP) is 1.02. The second-order valence-corrected chi connectivity index (χ2v) is 6.16. The highest BCUT2D eigenvalue weighted by molar-refractivity contribution is 7.80. The summed E-state index contributed by atoms with van der Waals surface area (Å²) in [4.78, 5) is 11.4. The maximum atomic E-state index is 11.4. The first-order valence-electron chi connectivity index (χ1n) is 6.83. The Balaban J connectivity index is 1.35. The fraction of sp³-hybridized carbons (Fsp3) is 0.833. The van der Waals surface area contributed by atoms with Gasteiger partial charge in [-0.3, -0.25) is 5.43 Å². The fourth-order valence-electron chi connectivity index (χ4n) is 3.19. The molecular weight excluding hydrogens is 248 g/mol. The van der Waals surface area contributed by atoms with E-state index in [1.165, 1.54) is 25.7 Å². The van der Waals surface area contributed by atoms with Crippen LogP contribution in [0.15, 0.2) is 0 Å². The first kappa shape index (κ1) is 12.0. The SMILES string of the molecule is O=C(NNC(=S)NC1CC2CCC1C2)NC1CC1. The van der Waals surface area contributed by atoms with Crippen molar-refractivity contribution in [2.45, 2.75) is 50.6 Å². The van der Waals surface area contributed by atoms with Crippen LogP contribution in [-0.4, -0.2) is 23.2 Å². The van der Waals surface area contributed by atoms with Crippen molar-refractivity contribution in [1.82, 2.24) is 21.5 Å². The van der Waals surface area contributed by atoms with Crippen LogP contribution in [0, 0.1) is 11.8 Å². The third kappa shape index (κ3) is 2.85. The van der Waals surface area contributed by atoms with Gasteiger partial charge in [0.2, 0.25) is 0 Å². The summed E-state index contributed by atoms with van der Waals surface area (Å²) in [6, 6.07) is 0.658. The van der Waals surface area contributed by atoms with Gasteiger partial charge in [0.05, 0.1) is 0 Å². The van der Waals surface area contributed by atoms with Crippen molar-refractivity contribution in [2.75, 3.05) is 0 Å². The van der Waals surface area contributed by atoms with Crippen LogP contribution in [0.3, 0.4) is 0 Å². The van der Waals surface area contributed by atoms with Gasteiger partial charge in [-0.25, -0.2) is 10.2 Å². The number of hydrazine groups is 1. The Kier molecular flexibility index (Phi) is 3.28. The Morgan fingerprint density at radius 1 is 1.00 bits per heavy atom. The van der Waals surface area contributed by atoms with E-state index < -0.39 is 0 Å². The molecule has 18 heavy (non-hydrogen) atoms. The fourth-order valence-corrected chi connectivity index (χ4v) is 3.39. The second-order valence-electron chi connectivity index (χ2n) is 5.75. The lowest BCUT2D eigenvalue weighted by Crippen LogP contribution is -2.53. The smallest absolute Gasteiger partial charge is 0.333 e. The molecule has 0 heterocycles. The lowest BCUT2D eigenvalue weighted by Gasteiger charge is -2.24. The molecule has 0 spiro atoms. The Hall–Kier alpha value is -1.04. The Bertz CT molecular complexity index is 358. The summed E-state index contributed by atoms with van der Waals surface area (Å²) in [6.45, 7) is 0. The van der Waals surface area contributed by atoms with Crippen LogP contribution in [0.4, 0.5) is 4.79 Å². The van der Waals surface area contributed by atoms with E-state index in [9.17, 15) is 4.79 Å². The van der Waals surface area contributed by atoms with E-state index in [4.69, 9.17) is 12.2 Å². The summed E-state index contributed by atoms with van der Waals surface area (Å²) in [7, 11) is 0. The molecule has 3 atom stereocenters. The molecular formula is C12H20N4OS. The third-order valence-electron chi connectivity index (χ3n) is 4.26. The van der Waals surface area contributed by atoms with Gasteiger partial charge in [0.1, 0.15) is 0 Å². The van der Waals surface area contributed by atoms with Gasteiger partial charge in [0, 0.05) is 12.1 Å². The van der Waals surface area contributed by atoms with E-state index >= 15 is 0 Å². The Labute approximate surface area is 112 Å². The first-order chi connectivity index (χ1) is 8.70. The minimum absolute atomic E-state index is 0.199. The van der Waals surface area contributed by atoms with Gasteiger partial charge in [0.25, 0.3) is 0 Å². The number of thiocarbonyl (C=S) groups is 1. The highest BCUT2D eigenvalue weighted by Crippen LogP contribution is 2.44. The van der Waals surface area contributed by atoms with Crippen molar-refractivity contribution < 1.29 is 4.79 Å². The van der Waals surface area contributed by atoms with Crippen molar-refractivity contribution >= 4 is 23.4 Å². The zero-order valence-electron chi connectivity index (χ0n) is 10.4. The normalized spacial score (nSPS) is 33.0. The maximum absolute atomic E-state index is 11.4. The lowest BCUT2D eigenvalue weighted by atomic mass is 9.96. The molecule has 0 aromatic heterocycles. The number of carbonyl (C=O) groups excluding carboxylic acids is 1. The molecule has 3 rings (SSSR count). The summed E-state index contributed by atoms with van der Waals surface area (Å²) in [5.74, 6) is 1.66. The molecule has 0 saturated heterocycles. The predicted molar refractivity (Wildman–Crippen MR) is 72.8 cm³/mol. The van der Waals surface area contributed by atoms with Crippen LogP contribution in [0.1, 0.15) is 38.5 Å². The summed E-state index contributed by atoms with van der Waals surface area (Å²) >= 11 is 5.19. The number of fused-ring (bicyclic) bond motifs is 2. The molecule has 100 valence electrons. The summed E-state index contributed by atoms with van der Waals surface area (Å²) in [5, 5.41) is 6.67. The largest absolute Gasteiger partial charge is 0.358 e. The number of carbonyl (C=O) groups is 1. The van der Waals surface area contributed by atoms with Crippen molar-refractivity contribution in [3.8, 4) is 0 Å². The number of urea groups is 1. The van der Waals surface area contributed by atoms with Crippen molar-refractivity contribution in [1.29, 1.82) is 0 Å². The summed E-state index contributed by atoms with van der Waals surface area (Å²) < 4.78 is 0. The number of amides is 2. The quantitative estimate of drug-likeness (QED) is 0.446. The Morgan fingerprint density at radius 3 is 2.44 bits per heavy atom. The number of hydrogen-bond acceptors (Lipinski definition) is 2. The number of hydrogen-bond donors (Lipinski definition) is 4. The van der Waals surface area contributed by atoms with E-state index in [0.29, 0.717) is 17.2 Å². The Morgan fingerprint density at radius 2 is 1.83 bits per heavy atom. The molecule has 3 fully saturated rings. The van der Waals surface area contributed by atoms with E-state index in [-0.39, 0.29) is 6.03 Å². The minimum Gasteiger partial charge on any atom is -0.358 e. The molecule has 4 N–H and O–H groups in total. The van der Waals surface area contributed by atoms with E-state index in [0.717, 1.165) is 24.7 Å². The average Bonchev–Trinajstić information content (AvgIpc) is 2.90. The molecule has 2 amide bonds. The highest BCUT2D eigenvalue weighted by Gasteiger charge is 2.39. The van der Waals surface area contributed by atoms with Crippen molar-refractivity contribution in [2.24, 2.45) is 11.8 Å². The van der Waals surface area contributed by atoms with Gasteiger partial charge < -0.3 is 10.6 Å². The maximum Gasteiger partial charge on any atom is 0.333 e. The lowest BCUT2D eigenvalue weighted by molar-refractivity contribution is 0.238. The van der Waals surface area contributed by atoms with Gasteiger partial charge in [-0.2, -0.15) is 0 Å². The van der Waals surface area contributed by atoms with Crippen LogP contribution in [0.25, 0.3) is 0 Å². The summed E-state index contributed by atoms with van der Waals surface area (Å²) in [6.07, 6.45) is 7.44. The molecule has 3 aliphatic carbocycles. The van der Waals surface area contributed by atoms with Crippen molar-refractivity contribution in [3.63, 3.8) is 0 Å². The highest BCUT2D eigenvalue weighted by atomic mass is 32.1. The molecule has 0 aromatic carbocycles. The monoisotopic (exact) mass is 268 g/mol. The van der Waals surface area contributed by atoms with Crippen LogP contribution in [0.5, 0.6) is 0 Å². The zero-order valence-corrected chi connectivity index (χ0v) is 11.2. The first-order valence-corrected chi connectivity index (χ1v) is 7.24. The number of nitrogens with one attached hydrogen (secondary N) is 4. The van der Waals surface area contributed by atoms with Crippen LogP contribution in [0.2, 0.25) is 0 Å². The molecule has 2 bridgehead atoms. The average molecular weight is 268 g/mol. The molecule has 0 aliphatic heterocycles. The van der Waals surface area contributed by atoms with Gasteiger partial charge in [-0.05, 0) is 56.2 Å². The van der Waals surface area contributed by atoms with Gasteiger partial charge >= 0.3 is 6.03 Å². The van der Waals surface area contributed by atoms with Gasteiger partial charge in [-0.1, -0.05) is 6.42 Å². The van der Waals surface area contributed by atoms with E-state index in [1.807, 2.05) is 0 Å². The molecule has 5 nitrogen and oxygen atoms in total. The standard InChI is InChI=1S/C12H20N4OS/c17-11(13-9-3-4-9)15-16-12(18)14-10-6-7-1-2-8(10)5-7/h7-10H,1-6H2,(H2,13,15,17)(H2,14,16,18). The van der Waals surface area contributed by atoms with Gasteiger partial charge in [-0.15, -0.1) is 0 Å². The van der Waals surface area contributed by atoms with Crippen LogP contribution in [-0.2, 0) is 0 Å². The summed E-state index contributed by atoms with van der Waals surface area (Å²) in [5.41, 5.74) is 5.33. The minimum atomic E-state index is -0.199. The molecule has 0 aromatic rings. The molecule has 3 unspecified atom stereocenters. The zero-order chi connectivity index (χ0) is 12.5. The molecule has 3 saturated carbocycles. The second kappa shape index (κ2) is 4.91. The van der Waals surface area contributed by atoms with E-state index in [2.05, 4.69) is 21.5 Å². The van der Waals surface area contributed by atoms with Crippen molar-refractivity contribution in [3.05, 3.63) is 0 Å². The molecule has 3 aliphatic rings. The number of rotatable bonds is 2. The van der Waals surface area contributed by atoms with E-state index in [1.54, 1.807) is 0 Å². The van der Waals surface area contributed by atoms with Gasteiger partial charge in [0.15, 0.2) is 5.11 Å². The van der Waals surface area contributed by atoms with Crippen LogP contribution < -0.4 is 21.5 Å². The topological polar surface area (TPSA) is 65.2 Å². The molecule has 6 heteroatoms. The third-order valence-corrected chi connectivity index (χ3v) is 4.48. The van der Waals surface area contributed by atoms with Crippen LogP contribution >= 0.6 is 12.2 Å².